The quantitative estimate of drug-likeness (QED) is 0.806. The molecule has 0 fully saturated rings. The highest BCUT2D eigenvalue weighted by Crippen LogP contribution is 2.26. The first-order valence-corrected chi connectivity index (χ1v) is 7.92. The highest BCUT2D eigenvalue weighted by Gasteiger charge is 2.25. The molecule has 1 aromatic heterocycles. The lowest BCUT2D eigenvalue weighted by Crippen LogP contribution is -2.17. The number of nitrogens with zero attached hydrogens (tertiary/aromatic N) is 2. The smallest absolute Gasteiger partial charge is 0.269 e. The summed E-state index contributed by atoms with van der Waals surface area (Å²) in [7, 11) is -3.80. The Morgan fingerprint density at radius 2 is 1.67 bits per heavy atom. The number of hydrogen-bond donors (Lipinski definition) is 1. The lowest BCUT2D eigenvalue weighted by molar-refractivity contribution is 0.188. The number of rotatable bonds is 3. The van der Waals surface area contributed by atoms with Crippen LogP contribution in [0.2, 0.25) is 0 Å². The lowest BCUT2D eigenvalue weighted by atomic mass is 10.3. The third-order valence-corrected chi connectivity index (χ3v) is 4.93. The topological polar surface area (TPSA) is 72.2 Å². The number of aromatic nitrogens is 2. The molecule has 0 aliphatic heterocycles. The van der Waals surface area contributed by atoms with Gasteiger partial charge >= 0.3 is 0 Å². The third-order valence-electron chi connectivity index (χ3n) is 3.20. The van der Waals surface area contributed by atoms with Crippen LogP contribution in [0.25, 0.3) is 11.0 Å². The Kier molecular flexibility index (Phi) is 3.27. The van der Waals surface area contributed by atoms with Gasteiger partial charge in [0, 0.05) is 0 Å². The predicted octanol–water partition coefficient (Wildman–Crippen LogP) is 2.33. The van der Waals surface area contributed by atoms with Crippen LogP contribution in [-0.4, -0.2) is 22.5 Å². The Labute approximate surface area is 122 Å². The van der Waals surface area contributed by atoms with Gasteiger partial charge in [-0.2, -0.15) is 0 Å². The molecule has 0 amide bonds. The Hall–Kier alpha value is -2.18. The molecule has 6 heteroatoms. The Bertz CT molecular complexity index is 884. The van der Waals surface area contributed by atoms with Gasteiger partial charge in [-0.15, -0.1) is 0 Å². The number of benzene rings is 2. The van der Waals surface area contributed by atoms with Crippen LogP contribution >= 0.6 is 0 Å². The van der Waals surface area contributed by atoms with Gasteiger partial charge in [0.05, 0.1) is 15.9 Å². The molecule has 108 valence electrons. The fourth-order valence-electron chi connectivity index (χ4n) is 2.24. The van der Waals surface area contributed by atoms with Crippen LogP contribution in [0.1, 0.15) is 18.9 Å². The van der Waals surface area contributed by atoms with E-state index in [1.54, 1.807) is 42.5 Å². The second kappa shape index (κ2) is 4.98. The van der Waals surface area contributed by atoms with Crippen LogP contribution in [0.15, 0.2) is 59.5 Å². The summed E-state index contributed by atoms with van der Waals surface area (Å²) >= 11 is 0. The number of fused-ring (bicyclic) bond motifs is 1. The second-order valence-corrected chi connectivity index (χ2v) is 6.50. The summed E-state index contributed by atoms with van der Waals surface area (Å²) in [5.41, 5.74) is 0.991. The van der Waals surface area contributed by atoms with Crippen LogP contribution < -0.4 is 0 Å². The van der Waals surface area contributed by atoms with Crippen molar-refractivity contribution in [1.82, 2.24) is 8.96 Å². The molecule has 1 atom stereocenters. The zero-order valence-electron chi connectivity index (χ0n) is 11.3. The van der Waals surface area contributed by atoms with E-state index in [1.807, 2.05) is 0 Å². The number of para-hydroxylation sites is 2. The molecule has 1 unspecified atom stereocenters. The zero-order chi connectivity index (χ0) is 15.0. The first-order chi connectivity index (χ1) is 10.0. The molecule has 0 spiro atoms. The van der Waals surface area contributed by atoms with E-state index in [-0.39, 0.29) is 10.7 Å². The van der Waals surface area contributed by atoms with Crippen molar-refractivity contribution in [3.63, 3.8) is 0 Å². The van der Waals surface area contributed by atoms with Gasteiger partial charge in [-0.3, -0.25) is 0 Å². The molecular formula is C15H14N2O3S. The summed E-state index contributed by atoms with van der Waals surface area (Å²) in [6.45, 7) is 1.50. The fraction of sp³-hybridized carbons (Fsp3) is 0.133. The third kappa shape index (κ3) is 2.22. The second-order valence-electron chi connectivity index (χ2n) is 4.72. The molecule has 5 nitrogen and oxygen atoms in total. The van der Waals surface area contributed by atoms with Crippen LogP contribution in [0.3, 0.4) is 0 Å². The summed E-state index contributed by atoms with van der Waals surface area (Å²) in [6.07, 6.45) is -0.990. The Morgan fingerprint density at radius 1 is 1.05 bits per heavy atom. The molecule has 2 aromatic carbocycles. The van der Waals surface area contributed by atoms with Crippen molar-refractivity contribution in [2.24, 2.45) is 0 Å². The summed E-state index contributed by atoms with van der Waals surface area (Å²) < 4.78 is 26.8. The monoisotopic (exact) mass is 302 g/mol. The molecule has 0 aliphatic rings. The van der Waals surface area contributed by atoms with Crippen LogP contribution in [0, 0.1) is 0 Å². The number of hydrogen-bond acceptors (Lipinski definition) is 4. The van der Waals surface area contributed by atoms with E-state index < -0.39 is 16.1 Å². The molecule has 1 heterocycles. The number of aliphatic hydroxyl groups is 1. The summed E-state index contributed by atoms with van der Waals surface area (Å²) in [5.74, 6) is 0.111. The number of aliphatic hydroxyl groups excluding tert-OH is 1. The van der Waals surface area contributed by atoms with Gasteiger partial charge in [0.15, 0.2) is 5.82 Å². The van der Waals surface area contributed by atoms with Crippen molar-refractivity contribution in [1.29, 1.82) is 0 Å². The SMILES string of the molecule is CC(O)c1nc2ccccc2n1S(=O)(=O)c1ccccc1. The normalized spacial score (nSPS) is 13.4. The van der Waals surface area contributed by atoms with Gasteiger partial charge in [0.25, 0.3) is 10.0 Å². The van der Waals surface area contributed by atoms with Crippen molar-refractivity contribution < 1.29 is 13.5 Å². The molecular weight excluding hydrogens is 288 g/mol. The highest BCUT2D eigenvalue weighted by molar-refractivity contribution is 7.90. The average molecular weight is 302 g/mol. The van der Waals surface area contributed by atoms with Crippen LogP contribution in [0.4, 0.5) is 0 Å². The van der Waals surface area contributed by atoms with Crippen LogP contribution in [0.5, 0.6) is 0 Å². The highest BCUT2D eigenvalue weighted by atomic mass is 32.2. The maximum absolute atomic E-state index is 12.8. The summed E-state index contributed by atoms with van der Waals surface area (Å²) in [6, 6.07) is 15.0. The van der Waals surface area contributed by atoms with E-state index >= 15 is 0 Å². The minimum atomic E-state index is -3.80. The minimum Gasteiger partial charge on any atom is -0.385 e. The lowest BCUT2D eigenvalue weighted by Gasteiger charge is -2.11. The molecule has 0 saturated heterocycles. The first kappa shape index (κ1) is 13.8. The van der Waals surface area contributed by atoms with E-state index in [1.165, 1.54) is 19.1 Å². The van der Waals surface area contributed by atoms with E-state index in [0.717, 1.165) is 3.97 Å². The van der Waals surface area contributed by atoms with Crippen molar-refractivity contribution >= 4 is 21.1 Å². The fourth-order valence-corrected chi connectivity index (χ4v) is 3.80. The molecule has 0 radical (unpaired) electrons. The molecule has 21 heavy (non-hydrogen) atoms. The maximum atomic E-state index is 12.8. The largest absolute Gasteiger partial charge is 0.385 e. The molecule has 3 rings (SSSR count). The van der Waals surface area contributed by atoms with Crippen molar-refractivity contribution in [2.45, 2.75) is 17.9 Å². The molecule has 0 bridgehead atoms. The van der Waals surface area contributed by atoms with E-state index in [0.29, 0.717) is 11.0 Å². The van der Waals surface area contributed by atoms with Crippen LogP contribution in [-0.2, 0) is 10.0 Å². The van der Waals surface area contributed by atoms with Crippen molar-refractivity contribution in [2.75, 3.05) is 0 Å². The van der Waals surface area contributed by atoms with E-state index in [9.17, 15) is 13.5 Å². The number of imidazole rings is 1. The van der Waals surface area contributed by atoms with Crippen molar-refractivity contribution in [3.05, 3.63) is 60.4 Å². The maximum Gasteiger partial charge on any atom is 0.269 e. The van der Waals surface area contributed by atoms with E-state index in [4.69, 9.17) is 0 Å². The molecule has 0 aliphatic carbocycles. The molecule has 3 aromatic rings. The van der Waals surface area contributed by atoms with Gasteiger partial charge in [-0.05, 0) is 31.2 Å². The standard InChI is InChI=1S/C15H14N2O3S/c1-11(18)15-16-13-9-5-6-10-14(13)17(15)21(19,20)12-7-3-2-4-8-12/h2-11,18H,1H3. The van der Waals surface area contributed by atoms with Gasteiger partial charge in [-0.1, -0.05) is 30.3 Å². The summed E-state index contributed by atoms with van der Waals surface area (Å²) in [4.78, 5) is 4.40. The first-order valence-electron chi connectivity index (χ1n) is 6.48. The van der Waals surface area contributed by atoms with Gasteiger partial charge in [0.2, 0.25) is 0 Å². The summed E-state index contributed by atoms with van der Waals surface area (Å²) in [5, 5.41) is 9.87. The zero-order valence-corrected chi connectivity index (χ0v) is 12.2. The Morgan fingerprint density at radius 3 is 2.33 bits per heavy atom. The predicted molar refractivity (Wildman–Crippen MR) is 79.4 cm³/mol. The minimum absolute atomic E-state index is 0.111. The van der Waals surface area contributed by atoms with Gasteiger partial charge < -0.3 is 5.11 Å². The molecule has 1 N–H and O–H groups in total. The molecule has 0 saturated carbocycles. The Balaban J connectivity index is 2.36. The van der Waals surface area contributed by atoms with Crippen molar-refractivity contribution in [3.8, 4) is 0 Å². The average Bonchev–Trinajstić information content (AvgIpc) is 2.88. The van der Waals surface area contributed by atoms with Gasteiger partial charge in [-0.25, -0.2) is 17.4 Å². The van der Waals surface area contributed by atoms with Gasteiger partial charge in [0.1, 0.15) is 6.10 Å². The van der Waals surface area contributed by atoms with E-state index in [2.05, 4.69) is 4.98 Å².